The number of hydrogen-bond donors (Lipinski definition) is 0. The van der Waals surface area contributed by atoms with Gasteiger partial charge in [-0.1, -0.05) is 22.0 Å². The zero-order valence-corrected chi connectivity index (χ0v) is 13.7. The van der Waals surface area contributed by atoms with Gasteiger partial charge < -0.3 is 4.74 Å². The van der Waals surface area contributed by atoms with Crippen molar-refractivity contribution in [2.75, 3.05) is 0 Å². The third-order valence-corrected chi connectivity index (χ3v) is 4.33. The van der Waals surface area contributed by atoms with Crippen molar-refractivity contribution in [2.45, 2.75) is 18.4 Å². The van der Waals surface area contributed by atoms with E-state index in [1.807, 2.05) is 19.1 Å². The summed E-state index contributed by atoms with van der Waals surface area (Å²) in [7, 11) is 1.53. The van der Waals surface area contributed by atoms with Crippen molar-refractivity contribution in [3.8, 4) is 5.75 Å². The highest BCUT2D eigenvalue weighted by molar-refractivity contribution is 9.10. The van der Waals surface area contributed by atoms with Crippen molar-refractivity contribution in [2.24, 2.45) is 0 Å². The Morgan fingerprint density at radius 3 is 2.70 bits per heavy atom. The maximum Gasteiger partial charge on any atom is 0.265 e. The Balaban J connectivity index is 2.26. The molecule has 0 unspecified atom stereocenters. The number of halogens is 2. The minimum atomic E-state index is -3.87. The molecule has 0 saturated heterocycles. The minimum absolute atomic E-state index is 0.0683. The third-order valence-electron chi connectivity index (χ3n) is 2.49. The van der Waals surface area contributed by atoms with E-state index in [9.17, 15) is 8.42 Å². The molecule has 0 aliphatic rings. The van der Waals surface area contributed by atoms with Crippen molar-refractivity contribution >= 4 is 35.7 Å². The Labute approximate surface area is 130 Å². The van der Waals surface area contributed by atoms with E-state index in [-0.39, 0.29) is 17.3 Å². The summed E-state index contributed by atoms with van der Waals surface area (Å²) in [6.07, 6.45) is 0. The monoisotopic (exact) mass is 375 g/mol. The Morgan fingerprint density at radius 1 is 1.30 bits per heavy atom. The van der Waals surface area contributed by atoms with Crippen LogP contribution in [0.15, 0.2) is 45.8 Å². The number of nitrogens with zero attached hydrogens (tertiary/aromatic N) is 1. The Morgan fingerprint density at radius 2 is 2.05 bits per heavy atom. The number of aryl methyl sites for hydroxylation is 1. The lowest BCUT2D eigenvalue weighted by Crippen LogP contribution is -2.02. The molecule has 0 bridgehead atoms. The summed E-state index contributed by atoms with van der Waals surface area (Å²) in [5.74, 6) is 0.200. The Bertz CT molecular complexity index is 734. The van der Waals surface area contributed by atoms with Crippen LogP contribution < -0.4 is 4.74 Å². The van der Waals surface area contributed by atoms with Crippen LogP contribution in [-0.4, -0.2) is 13.4 Å². The maximum atomic E-state index is 11.5. The van der Waals surface area contributed by atoms with Crippen LogP contribution in [-0.2, 0) is 15.7 Å². The fourth-order valence-corrected chi connectivity index (χ4v) is 3.13. The van der Waals surface area contributed by atoms with Crippen LogP contribution in [0.5, 0.6) is 5.75 Å². The number of hydrogen-bond acceptors (Lipinski definition) is 4. The molecule has 0 spiro atoms. The molecule has 1 aromatic heterocycles. The standard InChI is InChI=1S/C13H11BrClNO3S/c1-9-3-2-4-11(16-9)8-19-12-6-5-10(14)7-13(12)20(15,17)18/h2-7H,8H2,1H3. The fraction of sp³-hybridized carbons (Fsp3) is 0.154. The second kappa shape index (κ2) is 6.11. The van der Waals surface area contributed by atoms with Crippen LogP contribution >= 0.6 is 26.6 Å². The predicted octanol–water partition coefficient (Wildman–Crippen LogP) is 3.66. The average molecular weight is 377 g/mol. The van der Waals surface area contributed by atoms with Crippen molar-refractivity contribution < 1.29 is 13.2 Å². The molecule has 7 heteroatoms. The lowest BCUT2D eigenvalue weighted by molar-refractivity contribution is 0.293. The van der Waals surface area contributed by atoms with E-state index in [4.69, 9.17) is 15.4 Å². The van der Waals surface area contributed by atoms with Gasteiger partial charge in [-0.15, -0.1) is 0 Å². The lowest BCUT2D eigenvalue weighted by Gasteiger charge is -2.10. The van der Waals surface area contributed by atoms with Gasteiger partial charge in [0.1, 0.15) is 17.3 Å². The summed E-state index contributed by atoms with van der Waals surface area (Å²) in [5.41, 5.74) is 1.58. The van der Waals surface area contributed by atoms with Gasteiger partial charge in [0.05, 0.1) is 5.69 Å². The molecule has 2 rings (SSSR count). The van der Waals surface area contributed by atoms with Crippen LogP contribution in [0.1, 0.15) is 11.4 Å². The fourth-order valence-electron chi connectivity index (χ4n) is 1.62. The number of rotatable bonds is 4. The molecule has 0 aliphatic carbocycles. The number of pyridine rings is 1. The molecule has 0 fully saturated rings. The number of aromatic nitrogens is 1. The van der Waals surface area contributed by atoms with Gasteiger partial charge in [0.25, 0.3) is 9.05 Å². The van der Waals surface area contributed by atoms with E-state index in [2.05, 4.69) is 20.9 Å². The van der Waals surface area contributed by atoms with Crippen molar-refractivity contribution in [3.63, 3.8) is 0 Å². The molecule has 2 aromatic rings. The largest absolute Gasteiger partial charge is 0.486 e. The predicted molar refractivity (Wildman–Crippen MR) is 80.5 cm³/mol. The van der Waals surface area contributed by atoms with E-state index >= 15 is 0 Å². The van der Waals surface area contributed by atoms with E-state index < -0.39 is 9.05 Å². The van der Waals surface area contributed by atoms with Gasteiger partial charge in [-0.3, -0.25) is 4.98 Å². The van der Waals surface area contributed by atoms with Gasteiger partial charge in [0.2, 0.25) is 0 Å². The maximum absolute atomic E-state index is 11.5. The highest BCUT2D eigenvalue weighted by Gasteiger charge is 2.17. The van der Waals surface area contributed by atoms with Crippen LogP contribution in [0.4, 0.5) is 0 Å². The van der Waals surface area contributed by atoms with Crippen molar-refractivity contribution in [1.29, 1.82) is 0 Å². The molecule has 1 aromatic carbocycles. The molecule has 0 aliphatic heterocycles. The first-order valence-corrected chi connectivity index (χ1v) is 8.76. The third kappa shape index (κ3) is 3.94. The first-order chi connectivity index (χ1) is 9.36. The molecule has 1 heterocycles. The van der Waals surface area contributed by atoms with Crippen LogP contribution in [0.2, 0.25) is 0 Å². The van der Waals surface area contributed by atoms with E-state index in [1.54, 1.807) is 18.2 Å². The normalized spacial score (nSPS) is 11.3. The molecule has 20 heavy (non-hydrogen) atoms. The van der Waals surface area contributed by atoms with E-state index in [0.717, 1.165) is 5.69 Å². The van der Waals surface area contributed by atoms with Gasteiger partial charge in [0.15, 0.2) is 0 Å². The van der Waals surface area contributed by atoms with Crippen molar-refractivity contribution in [1.82, 2.24) is 4.98 Å². The molecule has 0 radical (unpaired) electrons. The summed E-state index contributed by atoms with van der Waals surface area (Å²) in [6, 6.07) is 10.2. The summed E-state index contributed by atoms with van der Waals surface area (Å²) < 4.78 is 29.2. The summed E-state index contributed by atoms with van der Waals surface area (Å²) >= 11 is 3.20. The Hall–Kier alpha value is -1.11. The zero-order valence-electron chi connectivity index (χ0n) is 10.5. The first-order valence-electron chi connectivity index (χ1n) is 5.66. The molecule has 0 N–H and O–H groups in total. The summed E-state index contributed by atoms with van der Waals surface area (Å²) in [5, 5.41) is 0. The van der Waals surface area contributed by atoms with E-state index in [1.165, 1.54) is 6.07 Å². The lowest BCUT2D eigenvalue weighted by atomic mass is 10.3. The molecule has 0 amide bonds. The molecular formula is C13H11BrClNO3S. The molecule has 106 valence electrons. The highest BCUT2D eigenvalue weighted by Crippen LogP contribution is 2.30. The Kier molecular flexibility index (Phi) is 4.67. The molecule has 0 atom stereocenters. The smallest absolute Gasteiger partial charge is 0.265 e. The molecule has 4 nitrogen and oxygen atoms in total. The molecule has 0 saturated carbocycles. The molecular weight excluding hydrogens is 366 g/mol. The quantitative estimate of drug-likeness (QED) is 0.764. The topological polar surface area (TPSA) is 56.3 Å². The van der Waals surface area contributed by atoms with Crippen molar-refractivity contribution in [3.05, 3.63) is 52.3 Å². The minimum Gasteiger partial charge on any atom is -0.486 e. The van der Waals surface area contributed by atoms with Gasteiger partial charge in [0, 0.05) is 20.8 Å². The van der Waals surface area contributed by atoms with Gasteiger partial charge in [-0.2, -0.15) is 0 Å². The van der Waals surface area contributed by atoms with Gasteiger partial charge >= 0.3 is 0 Å². The number of benzene rings is 1. The first kappa shape index (κ1) is 15.3. The van der Waals surface area contributed by atoms with Crippen LogP contribution in [0.3, 0.4) is 0 Å². The zero-order chi connectivity index (χ0) is 14.8. The SMILES string of the molecule is Cc1cccc(COc2ccc(Br)cc2S(=O)(=O)Cl)n1. The van der Waals surface area contributed by atoms with Crippen LogP contribution in [0, 0.1) is 6.92 Å². The van der Waals surface area contributed by atoms with Gasteiger partial charge in [-0.25, -0.2) is 8.42 Å². The van der Waals surface area contributed by atoms with E-state index in [0.29, 0.717) is 10.2 Å². The average Bonchev–Trinajstić information content (AvgIpc) is 2.36. The number of ether oxygens (including phenoxy) is 1. The second-order valence-corrected chi connectivity index (χ2v) is 7.54. The highest BCUT2D eigenvalue weighted by atomic mass is 79.9. The summed E-state index contributed by atoms with van der Waals surface area (Å²) in [4.78, 5) is 4.21. The summed E-state index contributed by atoms with van der Waals surface area (Å²) in [6.45, 7) is 2.04. The van der Waals surface area contributed by atoms with Crippen LogP contribution in [0.25, 0.3) is 0 Å². The second-order valence-electron chi connectivity index (χ2n) is 4.09. The van der Waals surface area contributed by atoms with Gasteiger partial charge in [-0.05, 0) is 37.3 Å².